The number of hydrogen-bond donors (Lipinski definition) is 0. The summed E-state index contributed by atoms with van der Waals surface area (Å²) >= 11 is 0. The molecule has 0 spiro atoms. The Bertz CT molecular complexity index is 336. The zero-order valence-electron chi connectivity index (χ0n) is 8.55. The number of aryl methyl sites for hydroxylation is 1. The van der Waals surface area contributed by atoms with Crippen LogP contribution in [0.25, 0.3) is 6.08 Å². The molecule has 0 saturated carbocycles. The lowest BCUT2D eigenvalue weighted by molar-refractivity contribution is 0.459. The maximum Gasteiger partial charge on any atom is 0.111 e. The summed E-state index contributed by atoms with van der Waals surface area (Å²) in [6.45, 7) is 6.80. The van der Waals surface area contributed by atoms with Crippen LogP contribution in [0, 0.1) is 5.41 Å². The Morgan fingerprint density at radius 1 is 1.23 bits per heavy atom. The number of rotatable bonds is 0. The van der Waals surface area contributed by atoms with E-state index < -0.39 is 0 Å². The molecule has 0 fully saturated rings. The predicted octanol–water partition coefficient (Wildman–Crippen LogP) is 3.66. The average molecular weight is 176 g/mol. The molecule has 0 amide bonds. The van der Waals surface area contributed by atoms with E-state index in [1.54, 1.807) is 6.26 Å². The van der Waals surface area contributed by atoms with E-state index in [9.17, 15) is 0 Å². The summed E-state index contributed by atoms with van der Waals surface area (Å²) in [6.07, 6.45) is 6.27. The molecule has 1 heteroatoms. The lowest BCUT2D eigenvalue weighted by Gasteiger charge is -2.25. The second kappa shape index (κ2) is 2.76. The van der Waals surface area contributed by atoms with E-state index in [1.807, 2.05) is 0 Å². The van der Waals surface area contributed by atoms with Crippen molar-refractivity contribution < 1.29 is 4.42 Å². The van der Waals surface area contributed by atoms with Gasteiger partial charge < -0.3 is 4.42 Å². The molecule has 2 rings (SSSR count). The van der Waals surface area contributed by atoms with Crippen molar-refractivity contribution in [1.82, 2.24) is 0 Å². The molecular formula is C12H16O. The van der Waals surface area contributed by atoms with Gasteiger partial charge in [-0.25, -0.2) is 0 Å². The van der Waals surface area contributed by atoms with Gasteiger partial charge in [-0.3, -0.25) is 0 Å². The Labute approximate surface area is 79.4 Å². The minimum absolute atomic E-state index is 0.301. The van der Waals surface area contributed by atoms with E-state index in [0.29, 0.717) is 5.41 Å². The summed E-state index contributed by atoms with van der Waals surface area (Å²) in [5.41, 5.74) is 3.10. The lowest BCUT2D eigenvalue weighted by Crippen LogP contribution is -2.12. The Morgan fingerprint density at radius 3 is 2.69 bits per heavy atom. The number of fused-ring (bicyclic) bond motifs is 1. The van der Waals surface area contributed by atoms with Crippen molar-refractivity contribution in [1.29, 1.82) is 0 Å². The van der Waals surface area contributed by atoms with Crippen molar-refractivity contribution in [3.8, 4) is 0 Å². The summed E-state index contributed by atoms with van der Waals surface area (Å²) < 4.78 is 5.37. The van der Waals surface area contributed by atoms with Crippen LogP contribution in [-0.2, 0) is 6.42 Å². The fourth-order valence-corrected chi connectivity index (χ4v) is 1.78. The molecule has 1 aromatic rings. The van der Waals surface area contributed by atoms with E-state index in [4.69, 9.17) is 4.42 Å². The van der Waals surface area contributed by atoms with Gasteiger partial charge in [0.2, 0.25) is 0 Å². The molecule has 0 aromatic carbocycles. The predicted molar refractivity (Wildman–Crippen MR) is 54.5 cm³/mol. The maximum absolute atomic E-state index is 5.37. The molecule has 0 saturated heterocycles. The molecule has 1 nitrogen and oxygen atoms in total. The molecule has 1 heterocycles. The van der Waals surface area contributed by atoms with Crippen molar-refractivity contribution in [2.45, 2.75) is 33.6 Å². The largest absolute Gasteiger partial charge is 0.469 e. The van der Waals surface area contributed by atoms with Crippen molar-refractivity contribution >= 4 is 6.08 Å². The zero-order chi connectivity index (χ0) is 9.47. The molecule has 1 aromatic heterocycles. The van der Waals surface area contributed by atoms with Crippen LogP contribution in [0.1, 0.15) is 38.5 Å². The first-order valence-electron chi connectivity index (χ1n) is 4.85. The number of hydrogen-bond acceptors (Lipinski definition) is 1. The first kappa shape index (κ1) is 8.61. The second-order valence-electron chi connectivity index (χ2n) is 4.72. The van der Waals surface area contributed by atoms with Crippen LogP contribution in [0.5, 0.6) is 0 Å². The van der Waals surface area contributed by atoms with Gasteiger partial charge in [0.25, 0.3) is 0 Å². The summed E-state index contributed by atoms with van der Waals surface area (Å²) in [5, 5.41) is 0. The molecule has 70 valence electrons. The van der Waals surface area contributed by atoms with E-state index in [1.165, 1.54) is 11.1 Å². The highest BCUT2D eigenvalue weighted by Gasteiger charge is 2.21. The summed E-state index contributed by atoms with van der Waals surface area (Å²) in [5.74, 6) is 1.15. The van der Waals surface area contributed by atoms with Crippen LogP contribution in [0.2, 0.25) is 0 Å². The van der Waals surface area contributed by atoms with Crippen molar-refractivity contribution in [2.24, 2.45) is 5.41 Å². The highest BCUT2D eigenvalue weighted by atomic mass is 16.3. The van der Waals surface area contributed by atoms with Gasteiger partial charge in [-0.15, -0.1) is 0 Å². The number of allylic oxidation sites excluding steroid dienone is 1. The van der Waals surface area contributed by atoms with Gasteiger partial charge in [0.1, 0.15) is 5.76 Å². The normalized spacial score (nSPS) is 16.7. The fraction of sp³-hybridized carbons (Fsp3) is 0.500. The van der Waals surface area contributed by atoms with Crippen LogP contribution >= 0.6 is 0 Å². The molecular weight excluding hydrogens is 160 g/mol. The van der Waals surface area contributed by atoms with Crippen molar-refractivity contribution in [3.05, 3.63) is 29.2 Å². The third-order valence-corrected chi connectivity index (χ3v) is 2.69. The van der Waals surface area contributed by atoms with Gasteiger partial charge in [-0.2, -0.15) is 0 Å². The molecule has 13 heavy (non-hydrogen) atoms. The molecule has 1 aliphatic carbocycles. The van der Waals surface area contributed by atoms with Gasteiger partial charge in [0.15, 0.2) is 0 Å². The Hall–Kier alpha value is -0.980. The molecule has 0 N–H and O–H groups in total. The highest BCUT2D eigenvalue weighted by molar-refractivity contribution is 5.58. The Balaban J connectivity index is 2.38. The smallest absolute Gasteiger partial charge is 0.111 e. The van der Waals surface area contributed by atoms with Gasteiger partial charge in [-0.05, 0) is 17.9 Å². The Morgan fingerprint density at radius 2 is 2.00 bits per heavy atom. The molecule has 0 aliphatic heterocycles. The minimum atomic E-state index is 0.301. The second-order valence-corrected chi connectivity index (χ2v) is 4.72. The maximum atomic E-state index is 5.37. The van der Waals surface area contributed by atoms with Crippen LogP contribution in [0.4, 0.5) is 0 Å². The van der Waals surface area contributed by atoms with E-state index >= 15 is 0 Å². The topological polar surface area (TPSA) is 13.1 Å². The number of furan rings is 1. The van der Waals surface area contributed by atoms with E-state index in [2.05, 4.69) is 32.9 Å². The van der Waals surface area contributed by atoms with Gasteiger partial charge in [0.05, 0.1) is 6.26 Å². The van der Waals surface area contributed by atoms with Crippen LogP contribution < -0.4 is 0 Å². The SMILES string of the molecule is CC(C)(C)C1=Cc2ccoc2CC1. The van der Waals surface area contributed by atoms with E-state index in [0.717, 1.165) is 18.6 Å². The molecule has 0 unspecified atom stereocenters. The molecule has 0 atom stereocenters. The zero-order valence-corrected chi connectivity index (χ0v) is 8.55. The van der Waals surface area contributed by atoms with Gasteiger partial charge >= 0.3 is 0 Å². The monoisotopic (exact) mass is 176 g/mol. The van der Waals surface area contributed by atoms with Gasteiger partial charge in [0, 0.05) is 12.0 Å². The molecule has 0 radical (unpaired) electrons. The van der Waals surface area contributed by atoms with Crippen LogP contribution in [-0.4, -0.2) is 0 Å². The summed E-state index contributed by atoms with van der Waals surface area (Å²) in [4.78, 5) is 0. The molecule has 1 aliphatic rings. The summed E-state index contributed by atoms with van der Waals surface area (Å²) in [6, 6.07) is 2.06. The Kier molecular flexibility index (Phi) is 1.83. The van der Waals surface area contributed by atoms with Crippen LogP contribution in [0.3, 0.4) is 0 Å². The third-order valence-electron chi connectivity index (χ3n) is 2.69. The summed E-state index contributed by atoms with van der Waals surface area (Å²) in [7, 11) is 0. The lowest BCUT2D eigenvalue weighted by atomic mass is 9.80. The van der Waals surface area contributed by atoms with Crippen molar-refractivity contribution in [3.63, 3.8) is 0 Å². The fourth-order valence-electron chi connectivity index (χ4n) is 1.78. The highest BCUT2D eigenvalue weighted by Crippen LogP contribution is 2.35. The van der Waals surface area contributed by atoms with Gasteiger partial charge in [-0.1, -0.05) is 32.4 Å². The molecule has 0 bridgehead atoms. The van der Waals surface area contributed by atoms with E-state index in [-0.39, 0.29) is 0 Å². The standard InChI is InChI=1S/C12H16O/c1-12(2,3)10-4-5-11-9(8-10)6-7-13-11/h6-8H,4-5H2,1-3H3. The third kappa shape index (κ3) is 1.55. The first-order valence-corrected chi connectivity index (χ1v) is 4.85. The van der Waals surface area contributed by atoms with Crippen LogP contribution in [0.15, 0.2) is 22.3 Å². The van der Waals surface area contributed by atoms with Crippen molar-refractivity contribution in [2.75, 3.05) is 0 Å². The minimum Gasteiger partial charge on any atom is -0.469 e. The average Bonchev–Trinajstić information content (AvgIpc) is 2.47. The quantitative estimate of drug-likeness (QED) is 0.588. The first-order chi connectivity index (χ1) is 6.07.